The largest absolute Gasteiger partial charge is 0.385 e. The first-order chi connectivity index (χ1) is 9.44. The molecule has 0 aliphatic rings. The first-order valence-electron chi connectivity index (χ1n) is 7.26. The molecule has 0 bridgehead atoms. The third-order valence-electron chi connectivity index (χ3n) is 3.96. The second kappa shape index (κ2) is 5.80. The first kappa shape index (κ1) is 14.8. The van der Waals surface area contributed by atoms with Crippen LogP contribution in [0.4, 0.5) is 0 Å². The van der Waals surface area contributed by atoms with Gasteiger partial charge in [-0.3, -0.25) is 4.68 Å². The minimum Gasteiger partial charge on any atom is -0.385 e. The smallest absolute Gasteiger partial charge is 0.0927 e. The van der Waals surface area contributed by atoms with E-state index in [2.05, 4.69) is 18.9 Å². The number of aromatic nitrogens is 2. The molecule has 2 rings (SSSR count). The standard InChI is InChI=1S/C17H24N2O/c1-5-14(3)19-11-10-15(18-19)12-17(4,20)16-9-7-6-8-13(16)2/h6-11,14,20H,5,12H2,1-4H3. The summed E-state index contributed by atoms with van der Waals surface area (Å²) in [6, 6.07) is 10.4. The minimum absolute atomic E-state index is 0.396. The van der Waals surface area contributed by atoms with E-state index in [1.165, 1.54) is 0 Å². The van der Waals surface area contributed by atoms with Gasteiger partial charge in [0, 0.05) is 18.7 Å². The van der Waals surface area contributed by atoms with E-state index < -0.39 is 5.60 Å². The zero-order valence-corrected chi connectivity index (χ0v) is 12.8. The van der Waals surface area contributed by atoms with Crippen LogP contribution in [0.2, 0.25) is 0 Å². The predicted octanol–water partition coefficient (Wildman–Crippen LogP) is 3.61. The molecule has 1 heterocycles. The molecular weight excluding hydrogens is 248 g/mol. The van der Waals surface area contributed by atoms with Gasteiger partial charge in [-0.25, -0.2) is 0 Å². The predicted molar refractivity (Wildman–Crippen MR) is 81.7 cm³/mol. The van der Waals surface area contributed by atoms with Gasteiger partial charge in [-0.15, -0.1) is 0 Å². The molecule has 2 atom stereocenters. The van der Waals surface area contributed by atoms with Crippen LogP contribution in [0, 0.1) is 6.92 Å². The van der Waals surface area contributed by atoms with Crippen molar-refractivity contribution in [1.29, 1.82) is 0 Å². The number of benzene rings is 1. The summed E-state index contributed by atoms with van der Waals surface area (Å²) in [7, 11) is 0. The van der Waals surface area contributed by atoms with Crippen LogP contribution < -0.4 is 0 Å². The zero-order chi connectivity index (χ0) is 14.8. The van der Waals surface area contributed by atoms with Crippen LogP contribution in [0.5, 0.6) is 0 Å². The van der Waals surface area contributed by atoms with Crippen molar-refractivity contribution in [1.82, 2.24) is 9.78 Å². The third-order valence-corrected chi connectivity index (χ3v) is 3.96. The summed E-state index contributed by atoms with van der Waals surface area (Å²) in [5.41, 5.74) is 2.12. The fraction of sp³-hybridized carbons (Fsp3) is 0.471. The van der Waals surface area contributed by atoms with Gasteiger partial charge in [0.25, 0.3) is 0 Å². The Labute approximate surface area is 121 Å². The highest BCUT2D eigenvalue weighted by atomic mass is 16.3. The Morgan fingerprint density at radius 3 is 2.65 bits per heavy atom. The number of hydrogen-bond acceptors (Lipinski definition) is 2. The Hall–Kier alpha value is -1.61. The Kier molecular flexibility index (Phi) is 4.29. The van der Waals surface area contributed by atoms with Crippen LogP contribution in [0.3, 0.4) is 0 Å². The molecule has 1 aromatic heterocycles. The number of aryl methyl sites for hydroxylation is 1. The molecule has 0 saturated heterocycles. The van der Waals surface area contributed by atoms with E-state index in [1.54, 1.807) is 0 Å². The molecule has 0 saturated carbocycles. The van der Waals surface area contributed by atoms with Gasteiger partial charge in [-0.1, -0.05) is 31.2 Å². The van der Waals surface area contributed by atoms with Crippen LogP contribution in [0.25, 0.3) is 0 Å². The lowest BCUT2D eigenvalue weighted by Gasteiger charge is -2.24. The molecule has 0 radical (unpaired) electrons. The lowest BCUT2D eigenvalue weighted by Crippen LogP contribution is -2.25. The summed E-state index contributed by atoms with van der Waals surface area (Å²) < 4.78 is 1.98. The van der Waals surface area contributed by atoms with E-state index in [9.17, 15) is 5.11 Å². The topological polar surface area (TPSA) is 38.0 Å². The van der Waals surface area contributed by atoms with Crippen molar-refractivity contribution in [2.75, 3.05) is 0 Å². The maximum atomic E-state index is 10.8. The van der Waals surface area contributed by atoms with Crippen LogP contribution in [-0.4, -0.2) is 14.9 Å². The Morgan fingerprint density at radius 2 is 2.00 bits per heavy atom. The SMILES string of the molecule is CCC(C)n1ccc(CC(C)(O)c2ccccc2C)n1. The molecular formula is C17H24N2O. The summed E-state index contributed by atoms with van der Waals surface area (Å²) in [5.74, 6) is 0. The summed E-state index contributed by atoms with van der Waals surface area (Å²) in [6.07, 6.45) is 3.58. The van der Waals surface area contributed by atoms with Gasteiger partial charge in [-0.2, -0.15) is 5.10 Å². The average molecular weight is 272 g/mol. The molecule has 3 heteroatoms. The van der Waals surface area contributed by atoms with E-state index in [-0.39, 0.29) is 0 Å². The highest BCUT2D eigenvalue weighted by Gasteiger charge is 2.26. The summed E-state index contributed by atoms with van der Waals surface area (Å²) in [6.45, 7) is 8.19. The lowest BCUT2D eigenvalue weighted by molar-refractivity contribution is 0.0557. The fourth-order valence-corrected chi connectivity index (χ4v) is 2.53. The maximum Gasteiger partial charge on any atom is 0.0927 e. The van der Waals surface area contributed by atoms with E-state index in [0.29, 0.717) is 12.5 Å². The Morgan fingerprint density at radius 1 is 1.30 bits per heavy atom. The number of nitrogens with zero attached hydrogens (tertiary/aromatic N) is 2. The van der Waals surface area contributed by atoms with Gasteiger partial charge in [0.1, 0.15) is 0 Å². The van der Waals surface area contributed by atoms with Gasteiger partial charge < -0.3 is 5.11 Å². The molecule has 1 aromatic carbocycles. The zero-order valence-electron chi connectivity index (χ0n) is 12.8. The van der Waals surface area contributed by atoms with Crippen molar-refractivity contribution >= 4 is 0 Å². The molecule has 2 aromatic rings. The van der Waals surface area contributed by atoms with Crippen molar-refractivity contribution in [2.45, 2.75) is 52.2 Å². The second-order valence-electron chi connectivity index (χ2n) is 5.81. The molecule has 0 aliphatic carbocycles. The molecule has 1 N–H and O–H groups in total. The summed E-state index contributed by atoms with van der Waals surface area (Å²) in [5, 5.41) is 15.4. The van der Waals surface area contributed by atoms with Gasteiger partial charge >= 0.3 is 0 Å². The summed E-state index contributed by atoms with van der Waals surface area (Å²) >= 11 is 0. The molecule has 0 spiro atoms. The first-order valence-corrected chi connectivity index (χ1v) is 7.26. The van der Waals surface area contributed by atoms with Gasteiger partial charge in [0.15, 0.2) is 0 Å². The van der Waals surface area contributed by atoms with E-state index in [0.717, 1.165) is 23.2 Å². The molecule has 0 amide bonds. The minimum atomic E-state index is -0.889. The van der Waals surface area contributed by atoms with Crippen molar-refractivity contribution in [3.05, 3.63) is 53.3 Å². The molecule has 0 fully saturated rings. The summed E-state index contributed by atoms with van der Waals surface area (Å²) in [4.78, 5) is 0. The van der Waals surface area contributed by atoms with Crippen molar-refractivity contribution in [3.8, 4) is 0 Å². The van der Waals surface area contributed by atoms with E-state index >= 15 is 0 Å². The molecule has 20 heavy (non-hydrogen) atoms. The molecule has 2 unspecified atom stereocenters. The van der Waals surface area contributed by atoms with Crippen LogP contribution >= 0.6 is 0 Å². The molecule has 0 aliphatic heterocycles. The van der Waals surface area contributed by atoms with Crippen molar-refractivity contribution in [3.63, 3.8) is 0 Å². The normalized spacial score (nSPS) is 15.8. The van der Waals surface area contributed by atoms with Gasteiger partial charge in [-0.05, 0) is 44.4 Å². The average Bonchev–Trinajstić information content (AvgIpc) is 2.85. The monoisotopic (exact) mass is 272 g/mol. The highest BCUT2D eigenvalue weighted by molar-refractivity contribution is 5.31. The van der Waals surface area contributed by atoms with Crippen LogP contribution in [0.1, 0.15) is 50.1 Å². The van der Waals surface area contributed by atoms with Crippen molar-refractivity contribution in [2.24, 2.45) is 0 Å². The Bertz CT molecular complexity index is 572. The van der Waals surface area contributed by atoms with Gasteiger partial charge in [0.2, 0.25) is 0 Å². The number of rotatable bonds is 5. The number of hydrogen-bond donors (Lipinski definition) is 1. The molecule has 108 valence electrons. The molecule has 3 nitrogen and oxygen atoms in total. The van der Waals surface area contributed by atoms with Crippen LogP contribution in [0.15, 0.2) is 36.5 Å². The Balaban J connectivity index is 2.20. The van der Waals surface area contributed by atoms with Crippen LogP contribution in [-0.2, 0) is 12.0 Å². The maximum absolute atomic E-state index is 10.8. The van der Waals surface area contributed by atoms with Gasteiger partial charge in [0.05, 0.1) is 11.3 Å². The van der Waals surface area contributed by atoms with E-state index in [4.69, 9.17) is 0 Å². The fourth-order valence-electron chi connectivity index (χ4n) is 2.53. The third kappa shape index (κ3) is 3.10. The van der Waals surface area contributed by atoms with E-state index in [1.807, 2.05) is 55.1 Å². The van der Waals surface area contributed by atoms with Crippen molar-refractivity contribution < 1.29 is 5.11 Å². The number of aliphatic hydroxyl groups is 1. The second-order valence-corrected chi connectivity index (χ2v) is 5.81. The quantitative estimate of drug-likeness (QED) is 0.903. The lowest BCUT2D eigenvalue weighted by atomic mass is 9.88. The highest BCUT2D eigenvalue weighted by Crippen LogP contribution is 2.27.